The van der Waals surface area contributed by atoms with Crippen molar-refractivity contribution in [3.05, 3.63) is 35.2 Å². The molecule has 3 heterocycles. The molecule has 4 rings (SSSR count). The lowest BCUT2D eigenvalue weighted by atomic mass is 9.82. The molecular weight excluding hydrogens is 457 g/mol. The van der Waals surface area contributed by atoms with Crippen LogP contribution in [0.4, 0.5) is 0 Å². The Kier molecular flexibility index (Phi) is 7.88. The van der Waals surface area contributed by atoms with E-state index in [0.717, 1.165) is 25.3 Å². The van der Waals surface area contributed by atoms with Gasteiger partial charge >= 0.3 is 13.1 Å². The molecule has 13 heteroatoms. The van der Waals surface area contributed by atoms with E-state index in [4.69, 9.17) is 14.8 Å². The summed E-state index contributed by atoms with van der Waals surface area (Å²) >= 11 is 0. The van der Waals surface area contributed by atoms with Crippen LogP contribution in [0.15, 0.2) is 18.3 Å². The van der Waals surface area contributed by atoms with Crippen LogP contribution >= 0.6 is 0 Å². The highest BCUT2D eigenvalue weighted by molar-refractivity contribution is 6.41. The Bertz CT molecular complexity index is 1050. The Hall–Kier alpha value is -3.16. The number of carbonyl (C=O) groups is 2. The van der Waals surface area contributed by atoms with Crippen LogP contribution in [0.1, 0.15) is 40.9 Å². The number of hydrogen-bond acceptors (Lipinski definition) is 9. The number of rotatable bonds is 10. The van der Waals surface area contributed by atoms with E-state index in [0.29, 0.717) is 0 Å². The Morgan fingerprint density at radius 3 is 2.57 bits per heavy atom. The van der Waals surface area contributed by atoms with Gasteiger partial charge in [0.25, 0.3) is 0 Å². The highest BCUT2D eigenvalue weighted by atomic mass is 16.5. The monoisotopic (exact) mass is 487 g/mol. The van der Waals surface area contributed by atoms with Crippen molar-refractivity contribution in [2.24, 2.45) is 0 Å². The third-order valence-corrected chi connectivity index (χ3v) is 6.32. The standard InChI is InChI=1S/C22H30BN5O7/c29-19(14-28-11-16(24-25-28)10-26-8-2-1-3-9-26)27-12-17(13-27)35-18-5-4-15(6-7-23(33)34)21(30)20(18)22(31)32/h4-5,11,17,30,33-34H,1-3,6-10,12-14H2,(H,31,32). The molecule has 2 fully saturated rings. The molecule has 0 atom stereocenters. The maximum absolute atomic E-state index is 12.6. The maximum Gasteiger partial charge on any atom is 0.451 e. The Balaban J connectivity index is 1.28. The second-order valence-electron chi connectivity index (χ2n) is 9.05. The first-order valence-electron chi connectivity index (χ1n) is 11.8. The van der Waals surface area contributed by atoms with E-state index in [-0.39, 0.29) is 55.2 Å². The molecule has 35 heavy (non-hydrogen) atoms. The maximum atomic E-state index is 12.6. The molecule has 1 amide bonds. The molecule has 2 aliphatic heterocycles. The number of aryl methyl sites for hydroxylation is 1. The van der Waals surface area contributed by atoms with E-state index in [1.165, 1.54) is 36.1 Å². The topological polar surface area (TPSA) is 161 Å². The quantitative estimate of drug-likeness (QED) is 0.335. The zero-order valence-electron chi connectivity index (χ0n) is 19.4. The van der Waals surface area contributed by atoms with Gasteiger partial charge in [-0.05, 0) is 50.3 Å². The number of aromatic carboxylic acids is 1. The van der Waals surface area contributed by atoms with Gasteiger partial charge in [-0.25, -0.2) is 9.48 Å². The predicted molar refractivity (Wildman–Crippen MR) is 124 cm³/mol. The molecule has 2 aliphatic rings. The van der Waals surface area contributed by atoms with Gasteiger partial charge in [-0.1, -0.05) is 17.7 Å². The Labute approximate surface area is 202 Å². The molecule has 1 aromatic carbocycles. The van der Waals surface area contributed by atoms with Gasteiger partial charge in [0.05, 0.1) is 25.0 Å². The van der Waals surface area contributed by atoms with Crippen LogP contribution < -0.4 is 4.74 Å². The summed E-state index contributed by atoms with van der Waals surface area (Å²) in [5.74, 6) is -1.96. The van der Waals surface area contributed by atoms with Crippen molar-refractivity contribution in [3.8, 4) is 11.5 Å². The zero-order valence-corrected chi connectivity index (χ0v) is 19.4. The van der Waals surface area contributed by atoms with E-state index in [9.17, 15) is 19.8 Å². The number of carbonyl (C=O) groups excluding carboxylic acids is 1. The largest absolute Gasteiger partial charge is 0.507 e. The van der Waals surface area contributed by atoms with Crippen molar-refractivity contribution in [1.29, 1.82) is 0 Å². The highest BCUT2D eigenvalue weighted by Crippen LogP contribution is 2.34. The predicted octanol–water partition coefficient (Wildman–Crippen LogP) is -0.0271. The van der Waals surface area contributed by atoms with Crippen LogP contribution in [0, 0.1) is 0 Å². The van der Waals surface area contributed by atoms with E-state index in [1.54, 1.807) is 11.1 Å². The number of likely N-dealkylation sites (tertiary alicyclic amines) is 2. The van der Waals surface area contributed by atoms with Crippen molar-refractivity contribution in [2.75, 3.05) is 26.2 Å². The summed E-state index contributed by atoms with van der Waals surface area (Å²) in [5, 5.41) is 46.2. The second-order valence-corrected chi connectivity index (χ2v) is 9.05. The number of carboxylic acids is 1. The fourth-order valence-corrected chi connectivity index (χ4v) is 4.38. The summed E-state index contributed by atoms with van der Waals surface area (Å²) in [6.07, 6.45) is 5.08. The molecule has 1 aromatic heterocycles. The van der Waals surface area contributed by atoms with Gasteiger partial charge in [0.15, 0.2) is 0 Å². The third-order valence-electron chi connectivity index (χ3n) is 6.32. The number of hydrogen-bond donors (Lipinski definition) is 4. The van der Waals surface area contributed by atoms with Crippen molar-refractivity contribution in [1.82, 2.24) is 24.8 Å². The minimum atomic E-state index is -1.56. The number of benzene rings is 1. The van der Waals surface area contributed by atoms with Gasteiger partial charge in [-0.15, -0.1) is 5.10 Å². The minimum absolute atomic E-state index is 0.000901. The van der Waals surface area contributed by atoms with Crippen LogP contribution in [-0.2, 0) is 24.3 Å². The van der Waals surface area contributed by atoms with Crippen LogP contribution in [0.5, 0.6) is 11.5 Å². The number of nitrogens with zero attached hydrogens (tertiary/aromatic N) is 5. The molecule has 0 saturated carbocycles. The van der Waals surface area contributed by atoms with Crippen LogP contribution in [0.2, 0.25) is 6.32 Å². The number of aromatic hydroxyl groups is 1. The van der Waals surface area contributed by atoms with Gasteiger partial charge in [0.1, 0.15) is 29.7 Å². The van der Waals surface area contributed by atoms with Gasteiger partial charge < -0.3 is 29.9 Å². The number of carboxylic acid groups (broad SMARTS) is 1. The first-order valence-corrected chi connectivity index (χ1v) is 11.8. The molecule has 0 unspecified atom stereocenters. The first-order chi connectivity index (χ1) is 16.8. The molecule has 0 bridgehead atoms. The normalized spacial score (nSPS) is 16.7. The van der Waals surface area contributed by atoms with Gasteiger partial charge in [0.2, 0.25) is 5.91 Å². The summed E-state index contributed by atoms with van der Waals surface area (Å²) in [7, 11) is -1.56. The lowest BCUT2D eigenvalue weighted by Gasteiger charge is -2.39. The number of phenols is 1. The molecule has 4 N–H and O–H groups in total. The summed E-state index contributed by atoms with van der Waals surface area (Å²) < 4.78 is 7.28. The van der Waals surface area contributed by atoms with Gasteiger partial charge in [-0.3, -0.25) is 9.69 Å². The summed E-state index contributed by atoms with van der Waals surface area (Å²) in [6.45, 7) is 3.46. The highest BCUT2D eigenvalue weighted by Gasteiger charge is 2.34. The third kappa shape index (κ3) is 6.30. The molecule has 0 spiro atoms. The molecular formula is C22H30BN5O7. The van der Waals surface area contributed by atoms with E-state index >= 15 is 0 Å². The van der Waals surface area contributed by atoms with Crippen LogP contribution in [-0.4, -0.2) is 96.3 Å². The van der Waals surface area contributed by atoms with Crippen molar-refractivity contribution in [2.45, 2.75) is 51.2 Å². The number of ether oxygens (including phenoxy) is 1. The average Bonchev–Trinajstić information content (AvgIpc) is 3.21. The van der Waals surface area contributed by atoms with Crippen LogP contribution in [0.3, 0.4) is 0 Å². The Morgan fingerprint density at radius 2 is 1.89 bits per heavy atom. The van der Waals surface area contributed by atoms with E-state index in [1.807, 2.05) is 0 Å². The molecule has 2 aromatic rings. The number of aromatic nitrogens is 3. The van der Waals surface area contributed by atoms with Gasteiger partial charge in [-0.2, -0.15) is 0 Å². The minimum Gasteiger partial charge on any atom is -0.507 e. The number of piperidine rings is 1. The molecule has 2 saturated heterocycles. The second kappa shape index (κ2) is 11.1. The molecule has 0 radical (unpaired) electrons. The first kappa shape index (κ1) is 25.0. The molecule has 0 aliphatic carbocycles. The number of amides is 1. The van der Waals surface area contributed by atoms with E-state index in [2.05, 4.69) is 15.2 Å². The smallest absolute Gasteiger partial charge is 0.451 e. The van der Waals surface area contributed by atoms with Crippen LogP contribution in [0.25, 0.3) is 0 Å². The van der Waals surface area contributed by atoms with E-state index < -0.39 is 24.9 Å². The zero-order chi connectivity index (χ0) is 24.9. The lowest BCUT2D eigenvalue weighted by molar-refractivity contribution is -0.140. The fourth-order valence-electron chi connectivity index (χ4n) is 4.38. The van der Waals surface area contributed by atoms with Crippen molar-refractivity contribution in [3.63, 3.8) is 0 Å². The lowest BCUT2D eigenvalue weighted by Crippen LogP contribution is -2.57. The Morgan fingerprint density at radius 1 is 1.14 bits per heavy atom. The summed E-state index contributed by atoms with van der Waals surface area (Å²) in [6, 6.07) is 2.93. The fraction of sp³-hybridized carbons (Fsp3) is 0.545. The molecule has 12 nitrogen and oxygen atoms in total. The summed E-state index contributed by atoms with van der Waals surface area (Å²) in [4.78, 5) is 28.2. The SMILES string of the molecule is O=C(O)c1c(OC2CN(C(=O)Cn3cc(CN4CCCCC4)nn3)C2)ccc(CCB(O)O)c1O. The summed E-state index contributed by atoms with van der Waals surface area (Å²) in [5.41, 5.74) is 0.729. The van der Waals surface area contributed by atoms with Crippen molar-refractivity contribution < 1.29 is 34.6 Å². The molecule has 188 valence electrons. The van der Waals surface area contributed by atoms with Crippen molar-refractivity contribution >= 4 is 19.0 Å². The average molecular weight is 487 g/mol. The van der Waals surface area contributed by atoms with Gasteiger partial charge in [0, 0.05) is 6.54 Å².